The third-order valence-electron chi connectivity index (χ3n) is 2.96. The van der Waals surface area contributed by atoms with Crippen molar-refractivity contribution in [2.24, 2.45) is 5.73 Å². The lowest BCUT2D eigenvalue weighted by atomic mass is 10.00. The summed E-state index contributed by atoms with van der Waals surface area (Å²) >= 11 is 0. The zero-order chi connectivity index (χ0) is 16.0. The zero-order valence-corrected chi connectivity index (χ0v) is 12.5. The molecule has 2 rings (SSSR count). The SMILES string of the molecule is NC(=O)OS(=O)(=O)NC(Cc1ccccc1)c1ccccc1. The number of primary amides is 1. The maximum atomic E-state index is 11.8. The molecule has 0 fully saturated rings. The van der Waals surface area contributed by atoms with Crippen molar-refractivity contribution in [1.29, 1.82) is 0 Å². The Morgan fingerprint density at radius 2 is 1.59 bits per heavy atom. The van der Waals surface area contributed by atoms with Crippen LogP contribution in [0, 0.1) is 0 Å². The summed E-state index contributed by atoms with van der Waals surface area (Å²) in [6, 6.07) is 17.8. The highest BCUT2D eigenvalue weighted by Gasteiger charge is 2.22. The van der Waals surface area contributed by atoms with Crippen LogP contribution in [0.1, 0.15) is 17.2 Å². The monoisotopic (exact) mass is 320 g/mol. The first-order valence-corrected chi connectivity index (χ1v) is 7.97. The Morgan fingerprint density at radius 1 is 1.05 bits per heavy atom. The minimum absolute atomic E-state index is 0.409. The fraction of sp³-hybridized carbons (Fsp3) is 0.133. The third-order valence-corrected chi connectivity index (χ3v) is 3.92. The molecule has 0 saturated carbocycles. The summed E-state index contributed by atoms with van der Waals surface area (Å²) in [6.45, 7) is 0. The maximum absolute atomic E-state index is 11.8. The number of nitrogens with two attached hydrogens (primary N) is 1. The van der Waals surface area contributed by atoms with Crippen molar-refractivity contribution >= 4 is 16.4 Å². The number of nitrogens with one attached hydrogen (secondary N) is 1. The lowest BCUT2D eigenvalue weighted by Crippen LogP contribution is -2.34. The van der Waals surface area contributed by atoms with Gasteiger partial charge in [0, 0.05) is 0 Å². The van der Waals surface area contributed by atoms with Crippen molar-refractivity contribution < 1.29 is 17.4 Å². The molecule has 0 spiro atoms. The molecule has 0 aliphatic rings. The molecule has 6 nitrogen and oxygen atoms in total. The molecule has 7 heteroatoms. The first-order valence-electron chi connectivity index (χ1n) is 6.56. The van der Waals surface area contributed by atoms with Crippen LogP contribution in [0.3, 0.4) is 0 Å². The number of amides is 1. The van der Waals surface area contributed by atoms with Gasteiger partial charge in [-0.2, -0.15) is 13.1 Å². The van der Waals surface area contributed by atoms with E-state index in [1.54, 1.807) is 24.3 Å². The number of hydrogen-bond acceptors (Lipinski definition) is 4. The Morgan fingerprint density at radius 3 is 2.14 bits per heavy atom. The summed E-state index contributed by atoms with van der Waals surface area (Å²) in [4.78, 5) is 10.7. The summed E-state index contributed by atoms with van der Waals surface area (Å²) in [5.74, 6) is 0. The molecule has 22 heavy (non-hydrogen) atoms. The summed E-state index contributed by atoms with van der Waals surface area (Å²) in [5, 5.41) is 0. The highest BCUT2D eigenvalue weighted by atomic mass is 32.2. The second-order valence-electron chi connectivity index (χ2n) is 4.63. The average molecular weight is 320 g/mol. The van der Waals surface area contributed by atoms with E-state index in [-0.39, 0.29) is 0 Å². The first-order chi connectivity index (χ1) is 10.5. The van der Waals surface area contributed by atoms with E-state index < -0.39 is 22.4 Å². The van der Waals surface area contributed by atoms with Gasteiger partial charge >= 0.3 is 16.4 Å². The van der Waals surface area contributed by atoms with Crippen molar-refractivity contribution in [3.63, 3.8) is 0 Å². The molecule has 1 unspecified atom stereocenters. The fourth-order valence-electron chi connectivity index (χ4n) is 2.07. The van der Waals surface area contributed by atoms with Gasteiger partial charge in [0.25, 0.3) is 0 Å². The minimum atomic E-state index is -4.27. The molecule has 0 heterocycles. The van der Waals surface area contributed by atoms with Crippen LogP contribution in [0.4, 0.5) is 4.79 Å². The minimum Gasteiger partial charge on any atom is -0.334 e. The van der Waals surface area contributed by atoms with Crippen LogP contribution in [0.2, 0.25) is 0 Å². The topological polar surface area (TPSA) is 98.5 Å². The largest absolute Gasteiger partial charge is 0.421 e. The summed E-state index contributed by atoms with van der Waals surface area (Å²) in [6.07, 6.45) is -0.967. The highest BCUT2D eigenvalue weighted by molar-refractivity contribution is 7.85. The summed E-state index contributed by atoms with van der Waals surface area (Å²) < 4.78 is 30.0. The first kappa shape index (κ1) is 16.0. The van der Waals surface area contributed by atoms with E-state index in [2.05, 4.69) is 8.91 Å². The van der Waals surface area contributed by atoms with Crippen molar-refractivity contribution in [2.75, 3.05) is 0 Å². The Balaban J connectivity index is 2.24. The molecule has 0 aliphatic heterocycles. The van der Waals surface area contributed by atoms with Gasteiger partial charge in [0.15, 0.2) is 0 Å². The van der Waals surface area contributed by atoms with E-state index in [9.17, 15) is 13.2 Å². The van der Waals surface area contributed by atoms with E-state index in [1.165, 1.54) is 0 Å². The summed E-state index contributed by atoms with van der Waals surface area (Å²) in [5.41, 5.74) is 6.46. The van der Waals surface area contributed by atoms with E-state index >= 15 is 0 Å². The summed E-state index contributed by atoms with van der Waals surface area (Å²) in [7, 11) is -4.27. The molecule has 0 saturated heterocycles. The molecule has 0 aliphatic carbocycles. The number of carbonyl (C=O) groups excluding carboxylic acids is 1. The molecule has 1 atom stereocenters. The maximum Gasteiger partial charge on any atom is 0.421 e. The molecule has 116 valence electrons. The molecular weight excluding hydrogens is 304 g/mol. The van der Waals surface area contributed by atoms with Gasteiger partial charge in [-0.3, -0.25) is 0 Å². The van der Waals surface area contributed by atoms with Crippen LogP contribution < -0.4 is 10.5 Å². The van der Waals surface area contributed by atoms with E-state index in [1.807, 2.05) is 36.4 Å². The zero-order valence-electron chi connectivity index (χ0n) is 11.7. The Kier molecular flexibility index (Phi) is 5.13. The van der Waals surface area contributed by atoms with Gasteiger partial charge in [-0.25, -0.2) is 4.79 Å². The van der Waals surface area contributed by atoms with Gasteiger partial charge in [-0.15, -0.1) is 0 Å². The van der Waals surface area contributed by atoms with Gasteiger partial charge in [0.05, 0.1) is 6.04 Å². The Bertz CT molecular complexity index is 718. The molecule has 0 bridgehead atoms. The standard InChI is InChI=1S/C15H16N2O4S/c16-15(18)21-22(19,20)17-14(13-9-5-2-6-10-13)11-12-7-3-1-4-8-12/h1-10,14,17H,11H2,(H2,16,18). The van der Waals surface area contributed by atoms with Crippen LogP contribution in [0.5, 0.6) is 0 Å². The molecule has 1 amide bonds. The van der Waals surface area contributed by atoms with E-state index in [0.717, 1.165) is 11.1 Å². The predicted octanol–water partition coefficient (Wildman–Crippen LogP) is 1.90. The molecule has 2 aromatic rings. The number of carbonyl (C=O) groups is 1. The molecule has 0 aromatic heterocycles. The van der Waals surface area contributed by atoms with Gasteiger partial charge in [-0.05, 0) is 17.5 Å². The second kappa shape index (κ2) is 7.06. The van der Waals surface area contributed by atoms with Crippen molar-refractivity contribution in [3.05, 3.63) is 71.8 Å². The normalized spacial score (nSPS) is 12.5. The van der Waals surface area contributed by atoms with Crippen molar-refractivity contribution in [3.8, 4) is 0 Å². The van der Waals surface area contributed by atoms with Crippen LogP contribution in [0.15, 0.2) is 60.7 Å². The molecular formula is C15H16N2O4S. The lowest BCUT2D eigenvalue weighted by molar-refractivity contribution is 0.211. The number of benzene rings is 2. The van der Waals surface area contributed by atoms with Crippen LogP contribution in [0.25, 0.3) is 0 Å². The van der Waals surface area contributed by atoms with E-state index in [0.29, 0.717) is 6.42 Å². The molecule has 0 radical (unpaired) electrons. The average Bonchev–Trinajstić information content (AvgIpc) is 2.47. The lowest BCUT2D eigenvalue weighted by Gasteiger charge is -2.18. The molecule has 2 aromatic carbocycles. The smallest absolute Gasteiger partial charge is 0.334 e. The quantitative estimate of drug-likeness (QED) is 0.849. The Hall–Kier alpha value is -2.38. The predicted molar refractivity (Wildman–Crippen MR) is 82.1 cm³/mol. The van der Waals surface area contributed by atoms with Gasteiger partial charge in [-0.1, -0.05) is 60.7 Å². The Labute approximate surface area is 129 Å². The molecule has 3 N–H and O–H groups in total. The van der Waals surface area contributed by atoms with Crippen LogP contribution >= 0.6 is 0 Å². The second-order valence-corrected chi connectivity index (χ2v) is 5.94. The third kappa shape index (κ3) is 4.87. The van der Waals surface area contributed by atoms with Crippen molar-refractivity contribution in [2.45, 2.75) is 12.5 Å². The van der Waals surface area contributed by atoms with Gasteiger partial charge in [0.2, 0.25) is 0 Å². The number of hydrogen-bond donors (Lipinski definition) is 2. The van der Waals surface area contributed by atoms with Gasteiger partial charge < -0.3 is 9.92 Å². The highest BCUT2D eigenvalue weighted by Crippen LogP contribution is 2.19. The van der Waals surface area contributed by atoms with Gasteiger partial charge in [0.1, 0.15) is 0 Å². The van der Waals surface area contributed by atoms with E-state index in [4.69, 9.17) is 5.73 Å². The fourth-order valence-corrected chi connectivity index (χ4v) is 2.90. The van der Waals surface area contributed by atoms with Crippen molar-refractivity contribution in [1.82, 2.24) is 4.72 Å². The number of rotatable bonds is 6. The van der Waals surface area contributed by atoms with Crippen LogP contribution in [-0.4, -0.2) is 14.5 Å². The van der Waals surface area contributed by atoms with Crippen LogP contribution in [-0.2, 0) is 20.9 Å².